The van der Waals surface area contributed by atoms with E-state index < -0.39 is 128 Å². The van der Waals surface area contributed by atoms with E-state index in [1.807, 2.05) is 31.2 Å². The summed E-state index contributed by atoms with van der Waals surface area (Å²) in [6, 6.07) is 17.0. The molecule has 0 spiro atoms. The van der Waals surface area contributed by atoms with Gasteiger partial charge in [-0.1, -0.05) is 75.7 Å². The van der Waals surface area contributed by atoms with E-state index >= 15 is 4.39 Å². The second-order valence-corrected chi connectivity index (χ2v) is 26.4. The lowest BCUT2D eigenvalue weighted by atomic mass is 9.73. The van der Waals surface area contributed by atoms with Crippen molar-refractivity contribution in [2.75, 3.05) is 138 Å². The largest absolute Gasteiger partial charge is 0.494 e. The van der Waals surface area contributed by atoms with Gasteiger partial charge in [-0.15, -0.1) is 0 Å². The third kappa shape index (κ3) is 25.0. The van der Waals surface area contributed by atoms with Crippen LogP contribution in [0.4, 0.5) is 13.2 Å². The normalized spacial score (nSPS) is 18.0. The van der Waals surface area contributed by atoms with Crippen LogP contribution >= 0.6 is 0 Å². The Morgan fingerprint density at radius 3 is 1.85 bits per heavy atom. The number of piperazine rings is 1. The zero-order valence-corrected chi connectivity index (χ0v) is 55.6. The average Bonchev–Trinajstić information content (AvgIpc) is 1.08. The highest BCUT2D eigenvalue weighted by Gasteiger charge is 2.47. The van der Waals surface area contributed by atoms with Gasteiger partial charge in [0.1, 0.15) is 24.0 Å². The second-order valence-electron chi connectivity index (χ2n) is 26.4. The number of aryl methyl sites for hydroxylation is 2. The lowest BCUT2D eigenvalue weighted by Crippen LogP contribution is -2.55. The Labute approximate surface area is 557 Å². The maximum Gasteiger partial charge on any atom is 0.317 e. The number of carboxylic acid groups (broad SMARTS) is 3. The summed E-state index contributed by atoms with van der Waals surface area (Å²) in [5, 5.41) is 49.7. The molecule has 3 atom stereocenters. The van der Waals surface area contributed by atoms with Crippen molar-refractivity contribution in [1.82, 2.24) is 55.6 Å². The van der Waals surface area contributed by atoms with Gasteiger partial charge in [0, 0.05) is 127 Å². The Hall–Kier alpha value is -8.30. The number of nitrogens with one attached hydrogen (secondary N) is 4. The predicted octanol–water partition coefficient (Wildman–Crippen LogP) is 2.85. The number of nitrogens with zero attached hydrogens (tertiary/aromatic N) is 8. The van der Waals surface area contributed by atoms with Crippen LogP contribution in [0.5, 0.6) is 5.75 Å². The Balaban J connectivity index is 1.02. The molecule has 3 aliphatic rings. The fourth-order valence-corrected chi connectivity index (χ4v) is 12.3. The minimum Gasteiger partial charge on any atom is -0.494 e. The summed E-state index contributed by atoms with van der Waals surface area (Å²) in [5.74, 6) is -10.6. The van der Waals surface area contributed by atoms with Gasteiger partial charge in [0.15, 0.2) is 0 Å². The maximum atomic E-state index is 16.1. The van der Waals surface area contributed by atoms with Crippen LogP contribution in [0.1, 0.15) is 94.1 Å². The molecule has 6 rings (SSSR count). The fraction of sp³-hybridized carbons (Fsp3) is 0.597. The zero-order valence-electron chi connectivity index (χ0n) is 55.6. The van der Waals surface area contributed by atoms with E-state index in [1.165, 1.54) is 0 Å². The van der Waals surface area contributed by atoms with Gasteiger partial charge in [-0.3, -0.25) is 77.8 Å². The van der Waals surface area contributed by atoms with Crippen molar-refractivity contribution in [2.45, 2.75) is 110 Å². The van der Waals surface area contributed by atoms with Crippen molar-refractivity contribution in [3.8, 4) is 11.8 Å². The third-order valence-corrected chi connectivity index (χ3v) is 17.4. The van der Waals surface area contributed by atoms with Crippen molar-refractivity contribution in [3.05, 3.63) is 77.4 Å². The van der Waals surface area contributed by atoms with Gasteiger partial charge < -0.3 is 45.8 Å². The van der Waals surface area contributed by atoms with Crippen LogP contribution in [-0.2, 0) is 49.6 Å². The van der Waals surface area contributed by atoms with Crippen LogP contribution in [0.25, 0.3) is 10.8 Å². The average molecular weight is 1350 g/mol. The lowest BCUT2D eigenvalue weighted by Gasteiger charge is -2.40. The number of carbonyl (C=O) groups excluding carboxylic acids is 7. The van der Waals surface area contributed by atoms with Crippen LogP contribution in [0.15, 0.2) is 60.7 Å². The molecular weight excluding hydrogens is 1250 g/mol. The predicted molar refractivity (Wildman–Crippen MR) is 347 cm³/mol. The molecular formula is C67H93F3N12O14. The first-order chi connectivity index (χ1) is 45.4. The molecule has 3 aromatic carbocycles. The topological polar surface area (TPSA) is 335 Å². The molecule has 7 amide bonds. The van der Waals surface area contributed by atoms with E-state index in [-0.39, 0.29) is 102 Å². The smallest absolute Gasteiger partial charge is 0.317 e. The van der Waals surface area contributed by atoms with Gasteiger partial charge in [0.05, 0.1) is 51.9 Å². The third-order valence-electron chi connectivity index (χ3n) is 17.4. The molecule has 0 bridgehead atoms. The number of carbonyl (C=O) groups is 10. The van der Waals surface area contributed by atoms with E-state index in [1.54, 1.807) is 94.7 Å². The van der Waals surface area contributed by atoms with Gasteiger partial charge >= 0.3 is 17.9 Å². The van der Waals surface area contributed by atoms with Gasteiger partial charge in [0.2, 0.25) is 35.4 Å². The summed E-state index contributed by atoms with van der Waals surface area (Å²) < 4.78 is 50.1. The van der Waals surface area contributed by atoms with Crippen LogP contribution in [-0.4, -0.2) is 271 Å². The number of carboxylic acids is 3. The first-order valence-electron chi connectivity index (χ1n) is 32.6. The van der Waals surface area contributed by atoms with E-state index in [0.29, 0.717) is 75.1 Å². The highest BCUT2D eigenvalue weighted by Crippen LogP contribution is 2.36. The summed E-state index contributed by atoms with van der Waals surface area (Å²) >= 11 is 0. The van der Waals surface area contributed by atoms with E-state index in [9.17, 15) is 77.3 Å². The lowest BCUT2D eigenvalue weighted by molar-refractivity contribution is -0.146. The number of halogens is 3. The van der Waals surface area contributed by atoms with E-state index in [4.69, 9.17) is 4.74 Å². The summed E-state index contributed by atoms with van der Waals surface area (Å²) in [6.45, 7) is 9.05. The molecule has 0 saturated carbocycles. The van der Waals surface area contributed by atoms with Crippen LogP contribution in [0.3, 0.4) is 0 Å². The molecule has 0 aromatic heterocycles. The molecule has 0 radical (unpaired) electrons. The van der Waals surface area contributed by atoms with E-state index in [0.717, 1.165) is 16.0 Å². The maximum absolute atomic E-state index is 16.1. The number of amides is 7. The molecule has 29 heteroatoms. The van der Waals surface area contributed by atoms with Crippen LogP contribution in [0, 0.1) is 29.1 Å². The number of hydrogen-bond acceptors (Lipinski definition) is 17. The number of imide groups is 1. The highest BCUT2D eigenvalue weighted by molar-refractivity contribution is 6.08. The minimum absolute atomic E-state index is 0.0276. The molecule has 3 aliphatic heterocycles. The van der Waals surface area contributed by atoms with Gasteiger partial charge in [-0.2, -0.15) is 5.26 Å². The van der Waals surface area contributed by atoms with Crippen molar-refractivity contribution in [1.29, 1.82) is 5.26 Å². The van der Waals surface area contributed by atoms with E-state index in [2.05, 4.69) is 26.2 Å². The number of rotatable bonds is 31. The first kappa shape index (κ1) is 76.7. The molecule has 26 nitrogen and oxygen atoms in total. The molecule has 0 aliphatic carbocycles. The molecule has 526 valence electrons. The first-order valence-corrected chi connectivity index (χ1v) is 32.6. The van der Waals surface area contributed by atoms with Crippen LogP contribution < -0.4 is 26.0 Å². The number of alkyl halides is 3. The van der Waals surface area contributed by atoms with Crippen molar-refractivity contribution < 1.29 is 81.2 Å². The SMILES string of the molecule is Cc1ccc(CCCC(=O)NCCC(F)C[C@H](NC(=O)CN2CCN(CC(=O)O)CCN(CC(=O)O)CCN(CC(=O)O)CC2)C(=O)NC(=O)C(C)(C)CC(C)(C)C(=O)N2CCN(CCCOc3ccc4cccc(C(=O)NCC(=O)N5CC(F)(F)C[C@@H]5C#N)c4c3)CC2)cc1. The number of fused-ring (bicyclic) bond motifs is 1. The molecule has 7 N–H and O–H groups in total. The van der Waals surface area contributed by atoms with Gasteiger partial charge in [0.25, 0.3) is 11.8 Å². The summed E-state index contributed by atoms with van der Waals surface area (Å²) in [6.07, 6.45) is -1.40. The molecule has 3 saturated heterocycles. The standard InChI is InChI=1S/C67H93F3N12O14/c1-46-13-15-47(16-14-46)9-6-12-55(83)72-20-19-49(68)35-54(74-56(84)40-77-22-24-78(41-58(86)87)26-28-80(43-60(90)91)29-27-79(25-23-77)42-59(88)89)62(93)75-63(94)65(2,3)44-66(4,5)64(95)81-32-30-76(31-33-81)21-8-34-96-51-18-17-48-10-7-11-52(53(48)36-51)61(92)73-39-57(85)82-45-67(69,70)37-50(82)38-71/h7,10-11,13-18,36,49-50,54H,6,8-9,12,19-35,37,39-45H2,1-5H3,(H,72,83)(H,73,92)(H,74,84)(H,86,87)(H,88,89)(H,90,91)(H,75,93,94)/t49?,50-,54+/m1/s1. The Morgan fingerprint density at radius 1 is 0.708 bits per heavy atom. The van der Waals surface area contributed by atoms with Crippen molar-refractivity contribution >= 4 is 70.0 Å². The highest BCUT2D eigenvalue weighted by atomic mass is 19.3. The Bertz CT molecular complexity index is 3220. The second kappa shape index (κ2) is 36.2. The quantitative estimate of drug-likeness (QED) is 0.0455. The number of likely N-dealkylation sites (tertiary alicyclic amines) is 1. The minimum atomic E-state index is -3.19. The zero-order chi connectivity index (χ0) is 70.3. The number of nitriles is 1. The Kier molecular flexibility index (Phi) is 28.9. The molecule has 1 unspecified atom stereocenters. The summed E-state index contributed by atoms with van der Waals surface area (Å²) in [5.41, 5.74) is -0.0908. The number of aliphatic carboxylic acids is 3. The molecule has 3 fully saturated rings. The van der Waals surface area contributed by atoms with Gasteiger partial charge in [-0.25, -0.2) is 13.2 Å². The number of hydrogen-bond donors (Lipinski definition) is 7. The summed E-state index contributed by atoms with van der Waals surface area (Å²) in [7, 11) is 0. The number of ether oxygens (including phenoxy) is 1. The molecule has 3 aromatic rings. The Morgan fingerprint density at radius 2 is 1.28 bits per heavy atom. The van der Waals surface area contributed by atoms with Crippen molar-refractivity contribution in [3.63, 3.8) is 0 Å². The fourth-order valence-electron chi connectivity index (χ4n) is 12.3. The van der Waals surface area contributed by atoms with Gasteiger partial charge in [-0.05, 0) is 73.6 Å². The number of benzene rings is 3. The van der Waals surface area contributed by atoms with Crippen molar-refractivity contribution in [2.24, 2.45) is 10.8 Å². The molecule has 96 heavy (non-hydrogen) atoms. The summed E-state index contributed by atoms with van der Waals surface area (Å²) in [4.78, 5) is 142. The van der Waals surface area contributed by atoms with Crippen LogP contribution in [0.2, 0.25) is 0 Å². The monoisotopic (exact) mass is 1350 g/mol. The molecule has 3 heterocycles.